The van der Waals surface area contributed by atoms with Gasteiger partial charge in [0.25, 0.3) is 5.91 Å². The second-order valence-corrected chi connectivity index (χ2v) is 2.79. The molecule has 76 valence electrons. The summed E-state index contributed by atoms with van der Waals surface area (Å²) in [5.74, 6) is -1.58. The third-order valence-electron chi connectivity index (χ3n) is 2.02. The fraction of sp³-hybridized carbons (Fsp3) is 0.667. The number of halogens is 1. The highest BCUT2D eigenvalue weighted by atomic mass is 19.1. The maximum Gasteiger partial charge on any atom is 0.282 e. The van der Waals surface area contributed by atoms with Crippen LogP contribution in [0.3, 0.4) is 0 Å². The molecule has 1 atom stereocenters. The summed E-state index contributed by atoms with van der Waals surface area (Å²) in [5, 5.41) is 0. The van der Waals surface area contributed by atoms with Gasteiger partial charge >= 0.3 is 0 Å². The van der Waals surface area contributed by atoms with Crippen LogP contribution in [0, 0.1) is 0 Å². The third-order valence-corrected chi connectivity index (χ3v) is 2.02. The third kappa shape index (κ3) is 3.14. The van der Waals surface area contributed by atoms with Crippen molar-refractivity contribution in [1.82, 2.24) is 4.90 Å². The highest BCUT2D eigenvalue weighted by Crippen LogP contribution is 2.07. The lowest BCUT2D eigenvalue weighted by molar-refractivity contribution is -0.130. The van der Waals surface area contributed by atoms with Gasteiger partial charge in [0.05, 0.1) is 0 Å². The predicted molar refractivity (Wildman–Crippen MR) is 50.8 cm³/mol. The lowest BCUT2D eigenvalue weighted by Crippen LogP contribution is -2.44. The summed E-state index contributed by atoms with van der Waals surface area (Å²) < 4.78 is 12.5. The summed E-state index contributed by atoms with van der Waals surface area (Å²) >= 11 is 0. The van der Waals surface area contributed by atoms with E-state index >= 15 is 0 Å². The van der Waals surface area contributed by atoms with E-state index in [1.54, 1.807) is 6.92 Å². The Kier molecular flexibility index (Phi) is 5.30. The van der Waals surface area contributed by atoms with Crippen molar-refractivity contribution in [2.45, 2.75) is 26.3 Å². The molecule has 0 aromatic carbocycles. The molecule has 1 amide bonds. The lowest BCUT2D eigenvalue weighted by Gasteiger charge is -2.28. The largest absolute Gasteiger partial charge is 0.333 e. The number of carbonyl (C=O) groups is 1. The molecule has 0 aliphatic rings. The van der Waals surface area contributed by atoms with Crippen LogP contribution in [0.15, 0.2) is 12.4 Å². The van der Waals surface area contributed by atoms with Gasteiger partial charge in [-0.1, -0.05) is 13.5 Å². The lowest BCUT2D eigenvalue weighted by atomic mass is 10.2. The molecule has 13 heavy (non-hydrogen) atoms. The monoisotopic (exact) mass is 188 g/mol. The van der Waals surface area contributed by atoms with Crippen molar-refractivity contribution >= 4 is 5.91 Å². The predicted octanol–water partition coefficient (Wildman–Crippen LogP) is 1.06. The molecule has 0 radical (unpaired) electrons. The first-order valence-corrected chi connectivity index (χ1v) is 4.43. The molecule has 0 unspecified atom stereocenters. The maximum absolute atomic E-state index is 12.5. The number of nitrogens with zero attached hydrogens (tertiary/aromatic N) is 1. The molecule has 0 bridgehead atoms. The minimum Gasteiger partial charge on any atom is -0.333 e. The van der Waals surface area contributed by atoms with Crippen LogP contribution in [0.5, 0.6) is 0 Å². The molecule has 0 saturated carbocycles. The van der Waals surface area contributed by atoms with Gasteiger partial charge in [0.2, 0.25) is 0 Å². The summed E-state index contributed by atoms with van der Waals surface area (Å²) in [4.78, 5) is 12.6. The smallest absolute Gasteiger partial charge is 0.282 e. The van der Waals surface area contributed by atoms with Gasteiger partial charge in [-0.05, 0) is 13.3 Å². The van der Waals surface area contributed by atoms with Crippen molar-refractivity contribution in [1.29, 1.82) is 0 Å². The minimum absolute atomic E-state index is 0.0926. The number of nitrogens with two attached hydrogens (primary N) is 1. The van der Waals surface area contributed by atoms with Gasteiger partial charge in [-0.25, -0.2) is 4.39 Å². The topological polar surface area (TPSA) is 46.3 Å². The zero-order valence-corrected chi connectivity index (χ0v) is 8.22. The van der Waals surface area contributed by atoms with Gasteiger partial charge in [0.15, 0.2) is 5.83 Å². The summed E-state index contributed by atoms with van der Waals surface area (Å²) in [6, 6.07) is -0.0926. The molecule has 0 saturated heterocycles. The summed E-state index contributed by atoms with van der Waals surface area (Å²) in [6.07, 6.45) is 0.726. The van der Waals surface area contributed by atoms with Crippen LogP contribution in [0.4, 0.5) is 4.39 Å². The number of rotatable bonds is 5. The van der Waals surface area contributed by atoms with Crippen LogP contribution in [-0.2, 0) is 4.79 Å². The van der Waals surface area contributed by atoms with Crippen LogP contribution < -0.4 is 5.73 Å². The Morgan fingerprint density at radius 2 is 2.15 bits per heavy atom. The summed E-state index contributed by atoms with van der Waals surface area (Å²) in [6.45, 7) is 7.48. The number of carbonyl (C=O) groups excluding carboxylic acids is 1. The van der Waals surface area contributed by atoms with Gasteiger partial charge in [0.1, 0.15) is 0 Å². The van der Waals surface area contributed by atoms with Crippen molar-refractivity contribution < 1.29 is 9.18 Å². The second kappa shape index (κ2) is 5.70. The number of hydrogen-bond donors (Lipinski definition) is 1. The zero-order chi connectivity index (χ0) is 10.4. The van der Waals surface area contributed by atoms with Crippen molar-refractivity contribution in [3.63, 3.8) is 0 Å². The first kappa shape index (κ1) is 12.1. The van der Waals surface area contributed by atoms with Crippen molar-refractivity contribution in [3.8, 4) is 0 Å². The fourth-order valence-corrected chi connectivity index (χ4v) is 1.24. The van der Waals surface area contributed by atoms with Crippen LogP contribution in [0.1, 0.15) is 20.3 Å². The molecule has 0 rings (SSSR count). The van der Waals surface area contributed by atoms with E-state index in [-0.39, 0.29) is 6.04 Å². The average molecular weight is 188 g/mol. The van der Waals surface area contributed by atoms with Gasteiger partial charge in [-0.2, -0.15) is 0 Å². The summed E-state index contributed by atoms with van der Waals surface area (Å²) in [7, 11) is 0. The van der Waals surface area contributed by atoms with E-state index in [2.05, 4.69) is 6.58 Å². The second-order valence-electron chi connectivity index (χ2n) is 2.79. The molecule has 2 N–H and O–H groups in total. The zero-order valence-electron chi connectivity index (χ0n) is 8.22. The van der Waals surface area contributed by atoms with Crippen molar-refractivity contribution in [2.75, 3.05) is 13.1 Å². The van der Waals surface area contributed by atoms with Crippen LogP contribution in [0.2, 0.25) is 0 Å². The van der Waals surface area contributed by atoms with Gasteiger partial charge in [-0.15, -0.1) is 0 Å². The Bertz CT molecular complexity index is 190. The fourth-order valence-electron chi connectivity index (χ4n) is 1.24. The van der Waals surface area contributed by atoms with Crippen LogP contribution in [-0.4, -0.2) is 29.9 Å². The van der Waals surface area contributed by atoms with E-state index in [1.165, 1.54) is 4.90 Å². The van der Waals surface area contributed by atoms with Crippen molar-refractivity contribution in [2.24, 2.45) is 5.73 Å². The number of likely N-dealkylation sites (N-methyl/N-ethyl adjacent to an activating group) is 1. The van der Waals surface area contributed by atoms with E-state index in [4.69, 9.17) is 5.73 Å². The molecular formula is C9H17FN2O. The maximum atomic E-state index is 12.5. The molecule has 0 aromatic heterocycles. The molecule has 0 aromatic rings. The average Bonchev–Trinajstić information content (AvgIpc) is 2.12. The molecule has 3 nitrogen and oxygen atoms in total. The normalized spacial score (nSPS) is 12.3. The molecule has 0 spiro atoms. The number of amides is 1. The highest BCUT2D eigenvalue weighted by molar-refractivity contribution is 5.90. The molecular weight excluding hydrogens is 171 g/mol. The quantitative estimate of drug-likeness (QED) is 0.656. The Morgan fingerprint density at radius 3 is 2.38 bits per heavy atom. The van der Waals surface area contributed by atoms with Crippen LogP contribution >= 0.6 is 0 Å². The molecule has 4 heteroatoms. The number of hydrogen-bond acceptors (Lipinski definition) is 2. The molecule has 0 aliphatic heterocycles. The Balaban J connectivity index is 4.47. The van der Waals surface area contributed by atoms with E-state index in [1.807, 2.05) is 6.92 Å². The minimum atomic E-state index is -0.922. The Labute approximate surface area is 78.4 Å². The molecule has 0 heterocycles. The highest BCUT2D eigenvalue weighted by Gasteiger charge is 2.21. The molecule has 0 aliphatic carbocycles. The Hall–Kier alpha value is -0.900. The Morgan fingerprint density at radius 1 is 1.62 bits per heavy atom. The van der Waals surface area contributed by atoms with Gasteiger partial charge < -0.3 is 10.6 Å². The van der Waals surface area contributed by atoms with E-state index in [9.17, 15) is 9.18 Å². The first-order valence-electron chi connectivity index (χ1n) is 4.43. The standard InChI is InChI=1S/C9H17FN2O/c1-4-8(6-11)12(5-2)9(13)7(3)10/h8H,3-6,11H2,1-2H3/t8-/m0/s1. The van der Waals surface area contributed by atoms with Gasteiger partial charge in [-0.3, -0.25) is 4.79 Å². The van der Waals surface area contributed by atoms with Crippen molar-refractivity contribution in [3.05, 3.63) is 12.4 Å². The van der Waals surface area contributed by atoms with E-state index in [0.717, 1.165) is 6.42 Å². The van der Waals surface area contributed by atoms with E-state index in [0.29, 0.717) is 13.1 Å². The SMILES string of the molecule is C=C(F)C(=O)N(CC)[C@@H](CC)CN. The molecule has 0 fully saturated rings. The van der Waals surface area contributed by atoms with E-state index < -0.39 is 11.7 Å². The van der Waals surface area contributed by atoms with Gasteiger partial charge in [0, 0.05) is 19.1 Å². The summed E-state index contributed by atoms with van der Waals surface area (Å²) in [5.41, 5.74) is 5.45. The van der Waals surface area contributed by atoms with Crippen LogP contribution in [0.25, 0.3) is 0 Å². The first-order chi connectivity index (χ1) is 6.08.